The third kappa shape index (κ3) is 10.8. The molecule has 1 saturated heterocycles. The van der Waals surface area contributed by atoms with Crippen LogP contribution in [0.2, 0.25) is 0 Å². The van der Waals surface area contributed by atoms with Gasteiger partial charge in [-0.1, -0.05) is 48.5 Å². The largest absolute Gasteiger partial charge is 0.368 e. The number of imidazole rings is 1. The maximum atomic E-state index is 14.3. The molecule has 5 rings (SSSR count). The van der Waals surface area contributed by atoms with Crippen molar-refractivity contribution in [2.45, 2.75) is 88.1 Å². The average molecular weight is 770 g/mol. The van der Waals surface area contributed by atoms with Crippen LogP contribution in [0.3, 0.4) is 0 Å². The summed E-state index contributed by atoms with van der Waals surface area (Å²) in [7, 11) is 0. The molecular formula is C39H51N11O6. The number of para-hydroxylation sites is 1. The summed E-state index contributed by atoms with van der Waals surface area (Å²) >= 11 is 0. The van der Waals surface area contributed by atoms with Gasteiger partial charge in [0.05, 0.1) is 12.4 Å². The molecule has 2 aromatic carbocycles. The Bertz CT molecular complexity index is 1970. The zero-order valence-electron chi connectivity index (χ0n) is 31.3. The minimum Gasteiger partial charge on any atom is -0.368 e. The maximum Gasteiger partial charge on any atom is 0.245 e. The van der Waals surface area contributed by atoms with E-state index >= 15 is 0 Å². The Morgan fingerprint density at radius 2 is 1.54 bits per heavy atom. The first kappa shape index (κ1) is 41.1. The molecule has 2 aromatic heterocycles. The topological polar surface area (TPSA) is 276 Å². The number of fused-ring (bicyclic) bond motifs is 1. The lowest BCUT2D eigenvalue weighted by Crippen LogP contribution is -2.59. The molecule has 1 aliphatic heterocycles. The van der Waals surface area contributed by atoms with Gasteiger partial charge in [-0.2, -0.15) is 0 Å². The van der Waals surface area contributed by atoms with Crippen LogP contribution in [0.15, 0.2) is 73.3 Å². The first-order valence-corrected chi connectivity index (χ1v) is 18.8. The third-order valence-corrected chi connectivity index (χ3v) is 9.99. The monoisotopic (exact) mass is 769 g/mol. The van der Waals surface area contributed by atoms with Gasteiger partial charge in [0.15, 0.2) is 0 Å². The average Bonchev–Trinajstić information content (AvgIpc) is 3.94. The Labute approximate surface area is 324 Å². The SMILES string of the molecule is CC(C(=O)NC(Cc1c[nH]c2ccccc12)C(=O)NC(Cc1ccccc1)C(=O)NC(CCCCN)C(N)=O)N1CCC(NC(=O)C(N)Cc2cnc[nH]2)C1=O. The van der Waals surface area contributed by atoms with Gasteiger partial charge in [-0.15, -0.1) is 0 Å². The van der Waals surface area contributed by atoms with Gasteiger partial charge in [-0.05, 0) is 56.3 Å². The van der Waals surface area contributed by atoms with Crippen LogP contribution in [0.25, 0.3) is 10.9 Å². The Kier molecular flexibility index (Phi) is 14.3. The molecule has 6 atom stereocenters. The normalized spacial score (nSPS) is 16.7. The molecule has 4 aromatic rings. The van der Waals surface area contributed by atoms with E-state index in [-0.39, 0.29) is 38.6 Å². The van der Waals surface area contributed by atoms with Gasteiger partial charge in [0.1, 0.15) is 30.2 Å². The van der Waals surface area contributed by atoms with E-state index in [2.05, 4.69) is 36.2 Å². The van der Waals surface area contributed by atoms with Crippen LogP contribution in [0.4, 0.5) is 0 Å². The van der Waals surface area contributed by atoms with Gasteiger partial charge in [0, 0.05) is 54.8 Å². The predicted octanol–water partition coefficient (Wildman–Crippen LogP) is -0.579. The Morgan fingerprint density at radius 3 is 2.23 bits per heavy atom. The summed E-state index contributed by atoms with van der Waals surface area (Å²) in [6.07, 6.45) is 6.84. The number of likely N-dealkylation sites (tertiary alicyclic amines) is 1. The number of aromatic amines is 2. The summed E-state index contributed by atoms with van der Waals surface area (Å²) in [5.74, 6) is -3.58. The van der Waals surface area contributed by atoms with Crippen molar-refractivity contribution in [1.29, 1.82) is 0 Å². The Morgan fingerprint density at radius 1 is 0.857 bits per heavy atom. The van der Waals surface area contributed by atoms with Crippen molar-refractivity contribution in [3.63, 3.8) is 0 Å². The minimum atomic E-state index is -1.19. The number of unbranched alkanes of at least 4 members (excludes halogenated alkanes) is 1. The predicted molar refractivity (Wildman–Crippen MR) is 208 cm³/mol. The molecule has 6 amide bonds. The molecule has 0 saturated carbocycles. The molecule has 1 fully saturated rings. The molecule has 17 heteroatoms. The summed E-state index contributed by atoms with van der Waals surface area (Å²) in [5.41, 5.74) is 20.3. The molecule has 12 N–H and O–H groups in total. The fourth-order valence-corrected chi connectivity index (χ4v) is 6.77. The number of H-pyrrole nitrogens is 2. The summed E-state index contributed by atoms with van der Waals surface area (Å²) in [4.78, 5) is 91.9. The number of carbonyl (C=O) groups excluding carboxylic acids is 6. The van der Waals surface area contributed by atoms with Crippen LogP contribution < -0.4 is 38.5 Å². The highest BCUT2D eigenvalue weighted by Crippen LogP contribution is 2.20. The van der Waals surface area contributed by atoms with Crippen LogP contribution in [0, 0.1) is 0 Å². The van der Waals surface area contributed by atoms with Crippen molar-refractivity contribution in [2.75, 3.05) is 13.1 Å². The third-order valence-electron chi connectivity index (χ3n) is 9.99. The summed E-state index contributed by atoms with van der Waals surface area (Å²) in [6, 6.07) is 10.4. The van der Waals surface area contributed by atoms with E-state index < -0.39 is 71.7 Å². The van der Waals surface area contributed by atoms with Crippen molar-refractivity contribution in [3.8, 4) is 0 Å². The van der Waals surface area contributed by atoms with Gasteiger partial charge >= 0.3 is 0 Å². The number of aromatic nitrogens is 3. The van der Waals surface area contributed by atoms with Crippen LogP contribution >= 0.6 is 0 Å². The molecule has 0 bridgehead atoms. The van der Waals surface area contributed by atoms with Crippen LogP contribution in [-0.2, 0) is 48.0 Å². The lowest BCUT2D eigenvalue weighted by Gasteiger charge is -2.28. The van der Waals surface area contributed by atoms with Crippen molar-refractivity contribution < 1.29 is 28.8 Å². The molecule has 56 heavy (non-hydrogen) atoms. The summed E-state index contributed by atoms with van der Waals surface area (Å²) < 4.78 is 0. The van der Waals surface area contributed by atoms with Crippen LogP contribution in [-0.4, -0.2) is 105 Å². The second-order valence-electron chi connectivity index (χ2n) is 14.1. The molecule has 0 spiro atoms. The Hall–Kier alpha value is -6.07. The quantitative estimate of drug-likeness (QED) is 0.0520. The molecule has 3 heterocycles. The van der Waals surface area contributed by atoms with Crippen LogP contribution in [0.5, 0.6) is 0 Å². The van der Waals surface area contributed by atoms with Crippen molar-refractivity contribution in [1.82, 2.24) is 41.1 Å². The molecular weight excluding hydrogens is 718 g/mol. The number of amides is 6. The number of carbonyl (C=O) groups is 6. The number of rotatable bonds is 20. The minimum absolute atomic E-state index is 0.0395. The number of nitrogens with one attached hydrogen (secondary N) is 6. The number of nitrogens with two attached hydrogens (primary N) is 3. The van der Waals surface area contributed by atoms with Gasteiger partial charge in [0.25, 0.3) is 0 Å². The fourth-order valence-electron chi connectivity index (χ4n) is 6.77. The number of hydrogen-bond acceptors (Lipinski definition) is 9. The maximum absolute atomic E-state index is 14.3. The van der Waals surface area contributed by atoms with E-state index in [0.717, 1.165) is 22.0 Å². The highest BCUT2D eigenvalue weighted by molar-refractivity contribution is 5.97. The smallest absolute Gasteiger partial charge is 0.245 e. The van der Waals surface area contributed by atoms with E-state index in [4.69, 9.17) is 17.2 Å². The van der Waals surface area contributed by atoms with E-state index in [0.29, 0.717) is 25.1 Å². The van der Waals surface area contributed by atoms with Gasteiger partial charge < -0.3 is 53.3 Å². The summed E-state index contributed by atoms with van der Waals surface area (Å²) in [5, 5.41) is 11.9. The second kappa shape index (κ2) is 19.5. The number of benzene rings is 2. The van der Waals surface area contributed by atoms with E-state index in [1.54, 1.807) is 31.5 Å². The van der Waals surface area contributed by atoms with E-state index in [9.17, 15) is 28.8 Å². The van der Waals surface area contributed by atoms with Crippen molar-refractivity contribution in [3.05, 3.63) is 90.1 Å². The molecule has 6 unspecified atom stereocenters. The van der Waals surface area contributed by atoms with Gasteiger partial charge in [-0.25, -0.2) is 4.98 Å². The number of primary amides is 1. The first-order valence-electron chi connectivity index (χ1n) is 18.8. The zero-order valence-corrected chi connectivity index (χ0v) is 31.3. The lowest BCUT2D eigenvalue weighted by molar-refractivity contribution is -0.140. The summed E-state index contributed by atoms with van der Waals surface area (Å²) in [6.45, 7) is 2.14. The van der Waals surface area contributed by atoms with E-state index in [1.165, 1.54) is 11.2 Å². The van der Waals surface area contributed by atoms with Gasteiger partial charge in [0.2, 0.25) is 35.4 Å². The number of nitrogens with zero attached hydrogens (tertiary/aromatic N) is 2. The molecule has 298 valence electrons. The Balaban J connectivity index is 1.32. The van der Waals surface area contributed by atoms with Crippen molar-refractivity contribution >= 4 is 46.3 Å². The van der Waals surface area contributed by atoms with Crippen LogP contribution in [0.1, 0.15) is 49.4 Å². The lowest BCUT2D eigenvalue weighted by atomic mass is 10.0. The number of hydrogen-bond donors (Lipinski definition) is 9. The van der Waals surface area contributed by atoms with Crippen molar-refractivity contribution in [2.24, 2.45) is 17.2 Å². The molecule has 1 aliphatic rings. The fraction of sp³-hybridized carbons (Fsp3) is 0.410. The standard InChI is InChI=1S/C39H51N11O6/c1-23(50-16-14-31(39(50)56)47-36(53)28(41)19-26-21-43-22-45-26)35(52)48-33(18-25-20-44-29-12-6-5-11-27(25)29)38(55)49-32(17-24-9-3-2-4-10-24)37(54)46-30(34(42)51)13-7-8-15-40/h2-6,9-12,20-23,28,30-33,44H,7-8,13-19,40-41H2,1H3,(H2,42,51)(H,43,45)(H,46,54)(H,47,53)(H,48,52)(H,49,55). The highest BCUT2D eigenvalue weighted by atomic mass is 16.2. The van der Waals surface area contributed by atoms with E-state index in [1.807, 2.05) is 42.5 Å². The van der Waals surface area contributed by atoms with Gasteiger partial charge in [-0.3, -0.25) is 28.8 Å². The molecule has 0 aliphatic carbocycles. The molecule has 17 nitrogen and oxygen atoms in total. The zero-order chi connectivity index (χ0) is 40.2. The second-order valence-corrected chi connectivity index (χ2v) is 14.1. The first-order chi connectivity index (χ1) is 26.9. The molecule has 0 radical (unpaired) electrons. The highest BCUT2D eigenvalue weighted by Gasteiger charge is 2.39.